The van der Waals surface area contributed by atoms with Crippen LogP contribution in [0.2, 0.25) is 0 Å². The molecule has 2 rings (SSSR count). The molecule has 2 nitrogen and oxygen atoms in total. The van der Waals surface area contributed by atoms with Crippen molar-refractivity contribution in [1.29, 1.82) is 0 Å². The summed E-state index contributed by atoms with van der Waals surface area (Å²) in [6.45, 7) is 2.04. The van der Waals surface area contributed by atoms with E-state index in [0.717, 1.165) is 24.0 Å². The van der Waals surface area contributed by atoms with E-state index in [9.17, 15) is 4.79 Å². The minimum atomic E-state index is 0.00454. The number of fused-ring (bicyclic) bond motifs is 1. The monoisotopic (exact) mass is 204 g/mol. The highest BCUT2D eigenvalue weighted by atomic mass is 16.3. The van der Waals surface area contributed by atoms with Crippen molar-refractivity contribution in [3.8, 4) is 0 Å². The van der Waals surface area contributed by atoms with E-state index < -0.39 is 0 Å². The van der Waals surface area contributed by atoms with E-state index in [-0.39, 0.29) is 24.2 Å². The largest absolute Gasteiger partial charge is 0.396 e. The molecule has 0 saturated carbocycles. The topological polar surface area (TPSA) is 37.3 Å². The highest BCUT2D eigenvalue weighted by Gasteiger charge is 2.30. The number of Topliss-reactive ketones (excluding diaryl/α,β-unsaturated/α-hetero) is 1. The predicted molar refractivity (Wildman–Crippen MR) is 58.8 cm³/mol. The number of hydrogen-bond acceptors (Lipinski definition) is 2. The first-order valence-electron chi connectivity index (χ1n) is 5.47. The Bertz CT molecular complexity index is 371. The molecule has 1 aliphatic carbocycles. The quantitative estimate of drug-likeness (QED) is 0.800. The Morgan fingerprint density at radius 2 is 2.20 bits per heavy atom. The minimum Gasteiger partial charge on any atom is -0.396 e. The summed E-state index contributed by atoms with van der Waals surface area (Å²) < 4.78 is 0. The van der Waals surface area contributed by atoms with Crippen LogP contribution >= 0.6 is 0 Å². The van der Waals surface area contributed by atoms with Gasteiger partial charge in [0.25, 0.3) is 0 Å². The smallest absolute Gasteiger partial charge is 0.166 e. The van der Waals surface area contributed by atoms with Crippen LogP contribution in [0, 0.1) is 11.8 Å². The van der Waals surface area contributed by atoms with E-state index >= 15 is 0 Å². The lowest BCUT2D eigenvalue weighted by Gasteiger charge is -2.26. The Balaban J connectivity index is 2.30. The average Bonchev–Trinajstić information content (AvgIpc) is 2.29. The van der Waals surface area contributed by atoms with Crippen molar-refractivity contribution in [3.05, 3.63) is 35.4 Å². The number of carbonyl (C=O) groups is 1. The van der Waals surface area contributed by atoms with Crippen LogP contribution in [0.5, 0.6) is 0 Å². The number of aliphatic hydroxyl groups excluding tert-OH is 1. The molecule has 1 N–H and O–H groups in total. The average molecular weight is 204 g/mol. The number of aliphatic hydroxyl groups is 1. The summed E-state index contributed by atoms with van der Waals surface area (Å²) in [5.41, 5.74) is 2.01. The van der Waals surface area contributed by atoms with Crippen LogP contribution in [0.15, 0.2) is 24.3 Å². The molecule has 1 aliphatic rings. The number of rotatable bonds is 2. The van der Waals surface area contributed by atoms with Gasteiger partial charge in [-0.2, -0.15) is 0 Å². The summed E-state index contributed by atoms with van der Waals surface area (Å²) in [6.07, 6.45) is 1.83. The van der Waals surface area contributed by atoms with Crippen LogP contribution in [0.3, 0.4) is 0 Å². The van der Waals surface area contributed by atoms with Crippen LogP contribution in [0.25, 0.3) is 0 Å². The molecule has 2 atom stereocenters. The molecular formula is C13H16O2. The van der Waals surface area contributed by atoms with Gasteiger partial charge in [-0.1, -0.05) is 31.2 Å². The van der Waals surface area contributed by atoms with Gasteiger partial charge in [0.15, 0.2) is 5.78 Å². The first-order chi connectivity index (χ1) is 7.24. The SMILES string of the molecule is CC(CO)C1CCc2ccccc2C1=O. The number of benzene rings is 1. The maximum atomic E-state index is 12.1. The summed E-state index contributed by atoms with van der Waals surface area (Å²) in [7, 11) is 0. The third kappa shape index (κ3) is 1.82. The van der Waals surface area contributed by atoms with Crippen LogP contribution in [-0.2, 0) is 6.42 Å². The molecule has 0 aromatic heterocycles. The van der Waals surface area contributed by atoms with Gasteiger partial charge in [0.1, 0.15) is 0 Å². The van der Waals surface area contributed by atoms with E-state index in [1.165, 1.54) is 0 Å². The molecular weight excluding hydrogens is 188 g/mol. The van der Waals surface area contributed by atoms with Gasteiger partial charge in [-0.25, -0.2) is 0 Å². The summed E-state index contributed by atoms with van der Waals surface area (Å²) >= 11 is 0. The first kappa shape index (κ1) is 10.4. The molecule has 0 spiro atoms. The zero-order valence-corrected chi connectivity index (χ0v) is 8.94. The first-order valence-corrected chi connectivity index (χ1v) is 5.47. The zero-order chi connectivity index (χ0) is 10.8. The molecule has 2 unspecified atom stereocenters. The molecule has 2 heteroatoms. The van der Waals surface area contributed by atoms with Crippen molar-refractivity contribution in [2.75, 3.05) is 6.61 Å². The Hall–Kier alpha value is -1.15. The van der Waals surface area contributed by atoms with E-state index in [1.807, 2.05) is 31.2 Å². The van der Waals surface area contributed by atoms with Gasteiger partial charge in [0.2, 0.25) is 0 Å². The van der Waals surface area contributed by atoms with Gasteiger partial charge in [-0.15, -0.1) is 0 Å². The van der Waals surface area contributed by atoms with E-state index in [1.54, 1.807) is 0 Å². The highest BCUT2D eigenvalue weighted by molar-refractivity contribution is 6.00. The molecule has 0 heterocycles. The molecule has 15 heavy (non-hydrogen) atoms. The lowest BCUT2D eigenvalue weighted by molar-refractivity contribution is 0.0805. The van der Waals surface area contributed by atoms with E-state index in [0.29, 0.717) is 0 Å². The van der Waals surface area contributed by atoms with E-state index in [2.05, 4.69) is 0 Å². The van der Waals surface area contributed by atoms with Crippen molar-refractivity contribution in [3.63, 3.8) is 0 Å². The van der Waals surface area contributed by atoms with Gasteiger partial charge >= 0.3 is 0 Å². The number of ketones is 1. The fourth-order valence-corrected chi connectivity index (χ4v) is 2.29. The molecule has 0 bridgehead atoms. The molecule has 1 aromatic rings. The second-order valence-electron chi connectivity index (χ2n) is 4.33. The Kier molecular flexibility index (Phi) is 2.87. The number of hydrogen-bond donors (Lipinski definition) is 1. The molecule has 80 valence electrons. The van der Waals surface area contributed by atoms with Gasteiger partial charge < -0.3 is 5.11 Å². The molecule has 0 radical (unpaired) electrons. The van der Waals surface area contributed by atoms with Gasteiger partial charge in [0, 0.05) is 18.1 Å². The van der Waals surface area contributed by atoms with Gasteiger partial charge in [0.05, 0.1) is 0 Å². The number of carbonyl (C=O) groups excluding carboxylic acids is 1. The molecule has 0 fully saturated rings. The highest BCUT2D eigenvalue weighted by Crippen LogP contribution is 2.29. The second-order valence-corrected chi connectivity index (χ2v) is 4.33. The van der Waals surface area contributed by atoms with Crippen molar-refractivity contribution in [2.45, 2.75) is 19.8 Å². The molecule has 0 saturated heterocycles. The van der Waals surface area contributed by atoms with E-state index in [4.69, 9.17) is 5.11 Å². The van der Waals surface area contributed by atoms with Crippen LogP contribution < -0.4 is 0 Å². The van der Waals surface area contributed by atoms with Gasteiger partial charge in [-0.3, -0.25) is 4.79 Å². The lowest BCUT2D eigenvalue weighted by Crippen LogP contribution is -2.29. The standard InChI is InChI=1S/C13H16O2/c1-9(8-14)11-7-6-10-4-2-3-5-12(10)13(11)15/h2-5,9,11,14H,6-8H2,1H3. The third-order valence-electron chi connectivity index (χ3n) is 3.32. The van der Waals surface area contributed by atoms with Crippen molar-refractivity contribution in [1.82, 2.24) is 0 Å². The van der Waals surface area contributed by atoms with Crippen molar-refractivity contribution < 1.29 is 9.90 Å². The number of aryl methyl sites for hydroxylation is 1. The lowest BCUT2D eigenvalue weighted by atomic mass is 9.77. The maximum absolute atomic E-state index is 12.1. The molecule has 0 aliphatic heterocycles. The molecule has 1 aromatic carbocycles. The maximum Gasteiger partial charge on any atom is 0.166 e. The van der Waals surface area contributed by atoms with Crippen LogP contribution in [0.4, 0.5) is 0 Å². The summed E-state index contributed by atoms with van der Waals surface area (Å²) in [4.78, 5) is 12.1. The summed E-state index contributed by atoms with van der Waals surface area (Å²) in [6, 6.07) is 7.80. The normalized spacial score (nSPS) is 22.3. The molecule has 0 amide bonds. The minimum absolute atomic E-state index is 0.00454. The summed E-state index contributed by atoms with van der Waals surface area (Å²) in [5.74, 6) is 0.286. The summed E-state index contributed by atoms with van der Waals surface area (Å²) in [5, 5.41) is 9.10. The van der Waals surface area contributed by atoms with Gasteiger partial charge in [-0.05, 0) is 24.3 Å². The third-order valence-corrected chi connectivity index (χ3v) is 3.32. The van der Waals surface area contributed by atoms with Crippen LogP contribution in [0.1, 0.15) is 29.3 Å². The van der Waals surface area contributed by atoms with Crippen LogP contribution in [-0.4, -0.2) is 17.5 Å². The Morgan fingerprint density at radius 1 is 1.47 bits per heavy atom. The Morgan fingerprint density at radius 3 is 2.93 bits per heavy atom. The second kappa shape index (κ2) is 4.15. The predicted octanol–water partition coefficient (Wildman–Crippen LogP) is 2.06. The zero-order valence-electron chi connectivity index (χ0n) is 8.94. The van der Waals surface area contributed by atoms with Crippen molar-refractivity contribution in [2.24, 2.45) is 11.8 Å². The Labute approximate surface area is 89.9 Å². The van der Waals surface area contributed by atoms with Crippen molar-refractivity contribution >= 4 is 5.78 Å². The fourth-order valence-electron chi connectivity index (χ4n) is 2.29. The fraction of sp³-hybridized carbons (Fsp3) is 0.462.